The van der Waals surface area contributed by atoms with Crippen LogP contribution >= 0.6 is 23.2 Å². The van der Waals surface area contributed by atoms with Crippen LogP contribution in [0.3, 0.4) is 0 Å². The highest BCUT2D eigenvalue weighted by Gasteiger charge is 2.19. The molecular weight excluding hydrogens is 289 g/mol. The first-order valence-corrected chi connectivity index (χ1v) is 7.37. The summed E-state index contributed by atoms with van der Waals surface area (Å²) in [6.45, 7) is 8.43. The van der Waals surface area contributed by atoms with Crippen LogP contribution in [0.5, 0.6) is 0 Å². The summed E-state index contributed by atoms with van der Waals surface area (Å²) in [6, 6.07) is 7.54. The molecule has 0 spiro atoms. The quantitative estimate of drug-likeness (QED) is 0.803. The Morgan fingerprint density at radius 2 is 1.50 bits per heavy atom. The van der Waals surface area contributed by atoms with Gasteiger partial charge in [-0.3, -0.25) is 0 Å². The number of aryl methyl sites for hydroxylation is 2. The summed E-state index contributed by atoms with van der Waals surface area (Å²) in [4.78, 5) is 0. The summed E-state index contributed by atoms with van der Waals surface area (Å²) in [7, 11) is 0. The van der Waals surface area contributed by atoms with Crippen molar-refractivity contribution in [2.24, 2.45) is 5.73 Å². The molecule has 0 radical (unpaired) electrons. The summed E-state index contributed by atoms with van der Waals surface area (Å²) < 4.78 is 0. The van der Waals surface area contributed by atoms with E-state index < -0.39 is 0 Å². The van der Waals surface area contributed by atoms with Crippen molar-refractivity contribution in [1.82, 2.24) is 0 Å². The molecule has 1 atom stereocenters. The first kappa shape index (κ1) is 15.4. The standard InChI is InChI=1S/C17H19Cl2N/c1-9-8-10(2)12(4)15(11(9)3)17(20)13-6-5-7-14(18)16(13)19/h5-8,17H,20H2,1-4H3. The van der Waals surface area contributed by atoms with E-state index in [4.69, 9.17) is 28.9 Å². The van der Waals surface area contributed by atoms with Crippen molar-refractivity contribution in [2.75, 3.05) is 0 Å². The first-order valence-electron chi connectivity index (χ1n) is 6.61. The molecule has 0 heterocycles. The molecule has 0 fully saturated rings. The lowest BCUT2D eigenvalue weighted by molar-refractivity contribution is 0.845. The van der Waals surface area contributed by atoms with E-state index in [2.05, 4.69) is 33.8 Å². The maximum absolute atomic E-state index is 6.48. The molecule has 0 bridgehead atoms. The van der Waals surface area contributed by atoms with E-state index in [1.54, 1.807) is 6.07 Å². The minimum atomic E-state index is -0.264. The van der Waals surface area contributed by atoms with Gasteiger partial charge in [-0.1, -0.05) is 41.4 Å². The van der Waals surface area contributed by atoms with Crippen molar-refractivity contribution in [3.05, 3.63) is 67.7 Å². The number of benzene rings is 2. The maximum atomic E-state index is 6.48. The van der Waals surface area contributed by atoms with Crippen LogP contribution in [-0.4, -0.2) is 0 Å². The molecule has 0 aromatic heterocycles. The van der Waals surface area contributed by atoms with Gasteiger partial charge in [-0.2, -0.15) is 0 Å². The lowest BCUT2D eigenvalue weighted by Gasteiger charge is -2.22. The molecule has 1 unspecified atom stereocenters. The zero-order valence-corrected chi connectivity index (χ0v) is 13.7. The van der Waals surface area contributed by atoms with Crippen molar-refractivity contribution in [1.29, 1.82) is 0 Å². The Kier molecular flexibility index (Phi) is 4.43. The molecule has 0 aliphatic heterocycles. The summed E-state index contributed by atoms with van der Waals surface area (Å²) in [5, 5.41) is 1.08. The monoisotopic (exact) mass is 307 g/mol. The second kappa shape index (κ2) is 5.77. The van der Waals surface area contributed by atoms with Crippen molar-refractivity contribution in [2.45, 2.75) is 33.7 Å². The van der Waals surface area contributed by atoms with Gasteiger partial charge in [0.05, 0.1) is 16.1 Å². The Morgan fingerprint density at radius 3 is 2.05 bits per heavy atom. The number of nitrogens with two attached hydrogens (primary N) is 1. The van der Waals surface area contributed by atoms with E-state index in [1.165, 1.54) is 22.3 Å². The van der Waals surface area contributed by atoms with Crippen LogP contribution in [0.2, 0.25) is 10.0 Å². The molecule has 2 aromatic carbocycles. The highest BCUT2D eigenvalue weighted by atomic mass is 35.5. The van der Waals surface area contributed by atoms with E-state index in [1.807, 2.05) is 12.1 Å². The number of halogens is 2. The molecule has 20 heavy (non-hydrogen) atoms. The summed E-state index contributed by atoms with van der Waals surface area (Å²) >= 11 is 12.4. The predicted molar refractivity (Wildman–Crippen MR) is 87.9 cm³/mol. The zero-order chi connectivity index (χ0) is 15.0. The van der Waals surface area contributed by atoms with Crippen molar-refractivity contribution < 1.29 is 0 Å². The summed E-state index contributed by atoms with van der Waals surface area (Å²) in [5.74, 6) is 0. The van der Waals surface area contributed by atoms with Crippen LogP contribution in [0.4, 0.5) is 0 Å². The van der Waals surface area contributed by atoms with Crippen LogP contribution in [0, 0.1) is 27.7 Å². The summed E-state index contributed by atoms with van der Waals surface area (Å²) in [6.07, 6.45) is 0. The van der Waals surface area contributed by atoms with Crippen molar-refractivity contribution in [3.63, 3.8) is 0 Å². The average Bonchev–Trinajstić information content (AvgIpc) is 2.40. The van der Waals surface area contributed by atoms with E-state index in [0.717, 1.165) is 11.1 Å². The predicted octanol–water partition coefficient (Wildman–Crippen LogP) is 5.28. The fourth-order valence-corrected chi connectivity index (χ4v) is 3.06. The van der Waals surface area contributed by atoms with Crippen LogP contribution in [0.15, 0.2) is 24.3 Å². The molecular formula is C17H19Cl2N. The third-order valence-electron chi connectivity index (χ3n) is 4.05. The second-order valence-electron chi connectivity index (χ2n) is 5.29. The molecule has 2 N–H and O–H groups in total. The lowest BCUT2D eigenvalue weighted by atomic mass is 9.87. The van der Waals surface area contributed by atoms with Crippen LogP contribution < -0.4 is 5.73 Å². The molecule has 0 saturated carbocycles. The summed E-state index contributed by atoms with van der Waals surface area (Å²) in [5.41, 5.74) is 13.4. The SMILES string of the molecule is Cc1cc(C)c(C)c(C(N)c2cccc(Cl)c2Cl)c1C. The fourth-order valence-electron chi connectivity index (χ4n) is 2.63. The van der Waals surface area contributed by atoms with Crippen LogP contribution in [0.1, 0.15) is 39.4 Å². The van der Waals surface area contributed by atoms with E-state index >= 15 is 0 Å². The van der Waals surface area contributed by atoms with E-state index in [9.17, 15) is 0 Å². The molecule has 2 rings (SSSR count). The van der Waals surface area contributed by atoms with Gasteiger partial charge in [0.25, 0.3) is 0 Å². The van der Waals surface area contributed by atoms with E-state index in [0.29, 0.717) is 10.0 Å². The topological polar surface area (TPSA) is 26.0 Å². The van der Waals surface area contributed by atoms with Gasteiger partial charge in [-0.25, -0.2) is 0 Å². The zero-order valence-electron chi connectivity index (χ0n) is 12.2. The molecule has 0 saturated heterocycles. The second-order valence-corrected chi connectivity index (χ2v) is 6.08. The van der Waals surface area contributed by atoms with Gasteiger partial charge in [0, 0.05) is 0 Å². The highest BCUT2D eigenvalue weighted by Crippen LogP contribution is 2.35. The Hall–Kier alpha value is -1.02. The van der Waals surface area contributed by atoms with Crippen LogP contribution in [-0.2, 0) is 0 Å². The third-order valence-corrected chi connectivity index (χ3v) is 4.89. The van der Waals surface area contributed by atoms with Gasteiger partial charge >= 0.3 is 0 Å². The van der Waals surface area contributed by atoms with Gasteiger partial charge in [-0.15, -0.1) is 0 Å². The van der Waals surface area contributed by atoms with Gasteiger partial charge in [0.2, 0.25) is 0 Å². The smallest absolute Gasteiger partial charge is 0.0643 e. The van der Waals surface area contributed by atoms with Gasteiger partial charge < -0.3 is 5.73 Å². The Balaban J connectivity index is 2.65. The molecule has 0 aliphatic carbocycles. The Bertz CT molecular complexity index is 636. The third kappa shape index (κ3) is 2.58. The minimum absolute atomic E-state index is 0.264. The number of hydrogen-bond donors (Lipinski definition) is 1. The molecule has 0 aliphatic rings. The number of hydrogen-bond acceptors (Lipinski definition) is 1. The van der Waals surface area contributed by atoms with Crippen molar-refractivity contribution in [3.8, 4) is 0 Å². The Morgan fingerprint density at radius 1 is 0.950 bits per heavy atom. The van der Waals surface area contributed by atoms with Gasteiger partial charge in [0.15, 0.2) is 0 Å². The minimum Gasteiger partial charge on any atom is -0.320 e. The fraction of sp³-hybridized carbons (Fsp3) is 0.294. The van der Waals surface area contributed by atoms with E-state index in [-0.39, 0.29) is 6.04 Å². The largest absolute Gasteiger partial charge is 0.320 e. The molecule has 1 nitrogen and oxygen atoms in total. The molecule has 2 aromatic rings. The van der Waals surface area contributed by atoms with Crippen LogP contribution in [0.25, 0.3) is 0 Å². The lowest BCUT2D eigenvalue weighted by Crippen LogP contribution is -2.16. The van der Waals surface area contributed by atoms with Crippen molar-refractivity contribution >= 4 is 23.2 Å². The first-order chi connectivity index (χ1) is 9.34. The molecule has 106 valence electrons. The van der Waals surface area contributed by atoms with Gasteiger partial charge in [-0.05, 0) is 67.1 Å². The normalized spacial score (nSPS) is 12.6. The molecule has 0 amide bonds. The van der Waals surface area contributed by atoms with Gasteiger partial charge in [0.1, 0.15) is 0 Å². The highest BCUT2D eigenvalue weighted by molar-refractivity contribution is 6.42. The maximum Gasteiger partial charge on any atom is 0.0643 e. The Labute approximate surface area is 130 Å². The number of rotatable bonds is 2. The average molecular weight is 308 g/mol. The molecule has 3 heteroatoms.